The molecule has 20 heavy (non-hydrogen) atoms. The summed E-state index contributed by atoms with van der Waals surface area (Å²) in [5, 5.41) is 11.2. The summed E-state index contributed by atoms with van der Waals surface area (Å²) in [6.45, 7) is 6.91. The van der Waals surface area contributed by atoms with Crippen molar-refractivity contribution >= 4 is 5.91 Å². The Kier molecular flexibility index (Phi) is 7.92. The maximum atomic E-state index is 11.0. The van der Waals surface area contributed by atoms with Gasteiger partial charge in [0, 0.05) is 25.2 Å². The monoisotopic (exact) mass is 280 g/mol. The van der Waals surface area contributed by atoms with Crippen molar-refractivity contribution in [1.82, 2.24) is 20.3 Å². The number of carbonyl (C=O) groups excluding carboxylic acids is 1. The lowest BCUT2D eigenvalue weighted by molar-refractivity contribution is -0.120. The van der Waals surface area contributed by atoms with Gasteiger partial charge in [-0.05, 0) is 33.1 Å². The Morgan fingerprint density at radius 3 is 2.60 bits per heavy atom. The fourth-order valence-corrected chi connectivity index (χ4v) is 1.99. The molecule has 0 saturated carbocycles. The van der Waals surface area contributed by atoms with Crippen molar-refractivity contribution in [3.8, 4) is 0 Å². The van der Waals surface area contributed by atoms with E-state index >= 15 is 0 Å². The van der Waals surface area contributed by atoms with E-state index in [1.807, 2.05) is 17.8 Å². The van der Waals surface area contributed by atoms with Gasteiger partial charge in [0.25, 0.3) is 0 Å². The lowest BCUT2D eigenvalue weighted by Crippen LogP contribution is -2.23. The number of amides is 1. The van der Waals surface area contributed by atoms with Gasteiger partial charge in [0.1, 0.15) is 0 Å². The zero-order chi connectivity index (χ0) is 14.8. The number of aromatic nitrogens is 3. The second kappa shape index (κ2) is 9.50. The fraction of sp³-hybridized carbons (Fsp3) is 0.800. The third-order valence-electron chi connectivity index (χ3n) is 3.34. The van der Waals surface area contributed by atoms with Gasteiger partial charge in [-0.15, -0.1) is 5.10 Å². The first-order chi connectivity index (χ1) is 9.63. The Labute approximate surface area is 122 Å². The highest BCUT2D eigenvalue weighted by molar-refractivity contribution is 5.75. The molecule has 0 spiro atoms. The van der Waals surface area contributed by atoms with E-state index in [2.05, 4.69) is 29.5 Å². The van der Waals surface area contributed by atoms with Crippen molar-refractivity contribution < 1.29 is 4.79 Å². The second-order valence-electron chi connectivity index (χ2n) is 5.50. The molecule has 1 N–H and O–H groups in total. The fourth-order valence-electron chi connectivity index (χ4n) is 1.99. The molecule has 1 amide bonds. The zero-order valence-corrected chi connectivity index (χ0v) is 13.1. The van der Waals surface area contributed by atoms with Gasteiger partial charge in [-0.2, -0.15) is 0 Å². The Balaban J connectivity index is 1.98. The van der Waals surface area contributed by atoms with Gasteiger partial charge in [-0.25, -0.2) is 4.68 Å². The van der Waals surface area contributed by atoms with E-state index in [4.69, 9.17) is 0 Å². The number of nitrogens with zero attached hydrogens (tertiary/aromatic N) is 3. The number of unbranched alkanes of at least 4 members (excludes halogenated alkanes) is 4. The molecule has 1 rings (SSSR count). The van der Waals surface area contributed by atoms with Crippen molar-refractivity contribution in [3.05, 3.63) is 11.9 Å². The van der Waals surface area contributed by atoms with Crippen LogP contribution in [0.3, 0.4) is 0 Å². The van der Waals surface area contributed by atoms with Crippen LogP contribution in [0, 0.1) is 0 Å². The molecule has 0 fully saturated rings. The molecule has 114 valence electrons. The molecule has 0 aliphatic heterocycles. The van der Waals surface area contributed by atoms with E-state index in [0.29, 0.717) is 12.5 Å². The normalized spacial score (nSPS) is 11.0. The average Bonchev–Trinajstić information content (AvgIpc) is 2.90. The zero-order valence-electron chi connectivity index (χ0n) is 13.1. The van der Waals surface area contributed by atoms with Gasteiger partial charge >= 0.3 is 0 Å². The molecule has 1 heterocycles. The Hall–Kier alpha value is -1.39. The van der Waals surface area contributed by atoms with E-state index in [1.165, 1.54) is 19.3 Å². The molecule has 0 aliphatic rings. The number of carbonyl (C=O) groups is 1. The van der Waals surface area contributed by atoms with Gasteiger partial charge in [-0.3, -0.25) is 4.79 Å². The van der Waals surface area contributed by atoms with Gasteiger partial charge < -0.3 is 5.32 Å². The van der Waals surface area contributed by atoms with Crippen molar-refractivity contribution in [2.75, 3.05) is 6.54 Å². The molecule has 0 bridgehead atoms. The third-order valence-corrected chi connectivity index (χ3v) is 3.34. The van der Waals surface area contributed by atoms with Crippen LogP contribution >= 0.6 is 0 Å². The number of hydrogen-bond acceptors (Lipinski definition) is 3. The maximum Gasteiger partial charge on any atom is 0.219 e. The first-order valence-corrected chi connectivity index (χ1v) is 7.81. The summed E-state index contributed by atoms with van der Waals surface area (Å²) >= 11 is 0. The van der Waals surface area contributed by atoms with Crippen molar-refractivity contribution in [1.29, 1.82) is 0 Å². The number of rotatable bonds is 10. The molecule has 0 aliphatic carbocycles. The van der Waals surface area contributed by atoms with E-state index in [-0.39, 0.29) is 5.91 Å². The second-order valence-corrected chi connectivity index (χ2v) is 5.50. The van der Waals surface area contributed by atoms with Crippen LogP contribution in [0.5, 0.6) is 0 Å². The standard InChI is InChI=1S/C15H28N4O/c1-4-15(20)16-11-9-7-5-6-8-10-14-12-19(13(2)3)18-17-14/h12-13H,4-11H2,1-3H3,(H,16,20). The van der Waals surface area contributed by atoms with Crippen molar-refractivity contribution in [2.45, 2.75) is 71.8 Å². The van der Waals surface area contributed by atoms with E-state index in [0.717, 1.165) is 31.5 Å². The van der Waals surface area contributed by atoms with E-state index in [9.17, 15) is 4.79 Å². The molecule has 0 aromatic carbocycles. The van der Waals surface area contributed by atoms with Crippen LogP contribution in [-0.2, 0) is 11.2 Å². The Morgan fingerprint density at radius 1 is 1.25 bits per heavy atom. The van der Waals surface area contributed by atoms with Crippen LogP contribution < -0.4 is 5.32 Å². The number of hydrogen-bond donors (Lipinski definition) is 1. The number of nitrogens with one attached hydrogen (secondary N) is 1. The lowest BCUT2D eigenvalue weighted by atomic mass is 10.1. The summed E-state index contributed by atoms with van der Waals surface area (Å²) in [7, 11) is 0. The van der Waals surface area contributed by atoms with Crippen LogP contribution in [0.4, 0.5) is 0 Å². The summed E-state index contributed by atoms with van der Waals surface area (Å²) in [5.41, 5.74) is 1.09. The van der Waals surface area contributed by atoms with Crippen LogP contribution in [0.1, 0.15) is 71.0 Å². The molecule has 5 nitrogen and oxygen atoms in total. The quantitative estimate of drug-likeness (QED) is 0.670. The highest BCUT2D eigenvalue weighted by Gasteiger charge is 2.03. The van der Waals surface area contributed by atoms with Gasteiger partial charge in [0.2, 0.25) is 5.91 Å². The topological polar surface area (TPSA) is 59.8 Å². The summed E-state index contributed by atoms with van der Waals surface area (Å²) in [5.74, 6) is 0.151. The first-order valence-electron chi connectivity index (χ1n) is 7.81. The smallest absolute Gasteiger partial charge is 0.219 e. The highest BCUT2D eigenvalue weighted by Crippen LogP contribution is 2.08. The van der Waals surface area contributed by atoms with E-state index < -0.39 is 0 Å². The first kappa shape index (κ1) is 16.7. The minimum atomic E-state index is 0.151. The summed E-state index contributed by atoms with van der Waals surface area (Å²) in [4.78, 5) is 11.0. The highest BCUT2D eigenvalue weighted by atomic mass is 16.1. The molecule has 0 atom stereocenters. The number of aryl methyl sites for hydroxylation is 1. The van der Waals surface area contributed by atoms with Crippen LogP contribution in [0.25, 0.3) is 0 Å². The van der Waals surface area contributed by atoms with Crippen molar-refractivity contribution in [2.24, 2.45) is 0 Å². The minimum absolute atomic E-state index is 0.151. The molecular weight excluding hydrogens is 252 g/mol. The van der Waals surface area contributed by atoms with Crippen LogP contribution in [-0.4, -0.2) is 27.4 Å². The molecular formula is C15H28N4O. The largest absolute Gasteiger partial charge is 0.356 e. The van der Waals surface area contributed by atoms with E-state index in [1.54, 1.807) is 0 Å². The third kappa shape index (κ3) is 6.68. The summed E-state index contributed by atoms with van der Waals surface area (Å²) in [6, 6.07) is 0.384. The Bertz CT molecular complexity index is 387. The predicted molar refractivity (Wildman–Crippen MR) is 80.5 cm³/mol. The average molecular weight is 280 g/mol. The molecule has 1 aromatic rings. The van der Waals surface area contributed by atoms with Crippen molar-refractivity contribution in [3.63, 3.8) is 0 Å². The molecule has 5 heteroatoms. The Morgan fingerprint density at radius 2 is 1.95 bits per heavy atom. The predicted octanol–water partition coefficient (Wildman–Crippen LogP) is 2.88. The molecule has 0 saturated heterocycles. The molecule has 0 radical (unpaired) electrons. The summed E-state index contributed by atoms with van der Waals surface area (Å²) < 4.78 is 1.91. The SMILES string of the molecule is CCC(=O)NCCCCCCCc1cn(C(C)C)nn1. The van der Waals surface area contributed by atoms with Gasteiger partial charge in [-0.1, -0.05) is 31.4 Å². The molecule has 1 aromatic heterocycles. The lowest BCUT2D eigenvalue weighted by Gasteiger charge is -2.03. The molecule has 0 unspecified atom stereocenters. The maximum absolute atomic E-state index is 11.0. The summed E-state index contributed by atoms with van der Waals surface area (Å²) in [6.07, 6.45) is 9.51. The van der Waals surface area contributed by atoms with Crippen LogP contribution in [0.15, 0.2) is 6.20 Å². The van der Waals surface area contributed by atoms with Gasteiger partial charge in [0.15, 0.2) is 0 Å². The van der Waals surface area contributed by atoms with Crippen LogP contribution in [0.2, 0.25) is 0 Å². The van der Waals surface area contributed by atoms with Gasteiger partial charge in [0.05, 0.1) is 5.69 Å². The minimum Gasteiger partial charge on any atom is -0.356 e.